The van der Waals surface area contributed by atoms with Crippen molar-refractivity contribution in [3.05, 3.63) is 36.5 Å². The van der Waals surface area contributed by atoms with E-state index in [1.54, 1.807) is 13.3 Å². The van der Waals surface area contributed by atoms with Crippen LogP contribution in [0.2, 0.25) is 0 Å². The van der Waals surface area contributed by atoms with Crippen molar-refractivity contribution >= 4 is 0 Å². The number of rotatable bonds is 3. The van der Waals surface area contributed by atoms with Gasteiger partial charge in [0.1, 0.15) is 5.82 Å². The Hall–Kier alpha value is -1.72. The van der Waals surface area contributed by atoms with E-state index >= 15 is 0 Å². The standard InChI is InChI=1S/C13H16N4O/c1-18-10-5-11(15-7-10)13-16-8-12(17-13)9-3-2-4-14-6-9/h2-4,6,8,10-11,15H,5,7H2,1H3,(H,16,17). The lowest BCUT2D eigenvalue weighted by Crippen LogP contribution is -2.16. The number of pyridine rings is 1. The van der Waals surface area contributed by atoms with Crippen LogP contribution in [-0.2, 0) is 4.74 Å². The Labute approximate surface area is 106 Å². The Morgan fingerprint density at radius 1 is 1.39 bits per heavy atom. The smallest absolute Gasteiger partial charge is 0.123 e. The average Bonchev–Trinajstić information content (AvgIpc) is 3.08. The first-order valence-electron chi connectivity index (χ1n) is 6.08. The highest BCUT2D eigenvalue weighted by Gasteiger charge is 2.27. The van der Waals surface area contributed by atoms with Gasteiger partial charge in [-0.2, -0.15) is 0 Å². The number of hydrogen-bond acceptors (Lipinski definition) is 4. The molecular weight excluding hydrogens is 228 g/mol. The minimum absolute atomic E-state index is 0.250. The maximum atomic E-state index is 5.34. The van der Waals surface area contributed by atoms with E-state index in [9.17, 15) is 0 Å². The van der Waals surface area contributed by atoms with E-state index in [-0.39, 0.29) is 12.1 Å². The predicted molar refractivity (Wildman–Crippen MR) is 68.0 cm³/mol. The van der Waals surface area contributed by atoms with E-state index in [4.69, 9.17) is 4.74 Å². The molecule has 0 bridgehead atoms. The van der Waals surface area contributed by atoms with Crippen LogP contribution in [0.25, 0.3) is 11.3 Å². The summed E-state index contributed by atoms with van der Waals surface area (Å²) >= 11 is 0. The fourth-order valence-corrected chi connectivity index (χ4v) is 2.27. The Morgan fingerprint density at radius 3 is 3.06 bits per heavy atom. The molecule has 2 N–H and O–H groups in total. The van der Waals surface area contributed by atoms with Gasteiger partial charge in [0, 0.05) is 31.6 Å². The van der Waals surface area contributed by atoms with E-state index in [2.05, 4.69) is 20.3 Å². The first-order chi connectivity index (χ1) is 8.86. The summed E-state index contributed by atoms with van der Waals surface area (Å²) in [5.74, 6) is 0.966. The molecule has 0 radical (unpaired) electrons. The molecule has 2 atom stereocenters. The molecule has 0 saturated carbocycles. The van der Waals surface area contributed by atoms with Crippen molar-refractivity contribution < 1.29 is 4.74 Å². The van der Waals surface area contributed by atoms with Crippen molar-refractivity contribution in [2.75, 3.05) is 13.7 Å². The maximum absolute atomic E-state index is 5.34. The summed E-state index contributed by atoms with van der Waals surface area (Å²) in [6.07, 6.45) is 6.69. The second kappa shape index (κ2) is 4.88. The maximum Gasteiger partial charge on any atom is 0.123 e. The zero-order chi connectivity index (χ0) is 12.4. The summed E-state index contributed by atoms with van der Waals surface area (Å²) in [6, 6.07) is 4.19. The molecule has 18 heavy (non-hydrogen) atoms. The normalized spacial score (nSPS) is 23.4. The minimum atomic E-state index is 0.250. The van der Waals surface area contributed by atoms with Gasteiger partial charge in [0.2, 0.25) is 0 Å². The third kappa shape index (κ3) is 2.14. The highest BCUT2D eigenvalue weighted by atomic mass is 16.5. The fourth-order valence-electron chi connectivity index (χ4n) is 2.27. The quantitative estimate of drug-likeness (QED) is 0.859. The molecule has 1 aliphatic rings. The van der Waals surface area contributed by atoms with Crippen LogP contribution in [0.1, 0.15) is 18.3 Å². The van der Waals surface area contributed by atoms with E-state index in [0.29, 0.717) is 0 Å². The highest BCUT2D eigenvalue weighted by molar-refractivity contribution is 5.56. The van der Waals surface area contributed by atoms with Crippen molar-refractivity contribution in [2.24, 2.45) is 0 Å². The Balaban J connectivity index is 1.78. The van der Waals surface area contributed by atoms with Gasteiger partial charge >= 0.3 is 0 Å². The summed E-state index contributed by atoms with van der Waals surface area (Å²) in [5, 5.41) is 3.40. The number of H-pyrrole nitrogens is 1. The van der Waals surface area contributed by atoms with Gasteiger partial charge in [-0.1, -0.05) is 0 Å². The predicted octanol–water partition coefficient (Wildman–Crippen LogP) is 1.52. The molecule has 0 aliphatic carbocycles. The third-order valence-electron chi connectivity index (χ3n) is 3.32. The van der Waals surface area contributed by atoms with Crippen LogP contribution in [-0.4, -0.2) is 34.7 Å². The van der Waals surface area contributed by atoms with Gasteiger partial charge < -0.3 is 15.0 Å². The molecule has 1 fully saturated rings. The van der Waals surface area contributed by atoms with Crippen LogP contribution in [0.3, 0.4) is 0 Å². The van der Waals surface area contributed by atoms with E-state index in [1.807, 2.05) is 24.5 Å². The fraction of sp³-hybridized carbons (Fsp3) is 0.385. The number of methoxy groups -OCH3 is 1. The SMILES string of the molecule is COC1CNC(c2ncc(-c3cccnc3)[nH]2)C1. The molecule has 1 aliphatic heterocycles. The van der Waals surface area contributed by atoms with Gasteiger partial charge in [0.15, 0.2) is 0 Å². The monoisotopic (exact) mass is 244 g/mol. The lowest BCUT2D eigenvalue weighted by molar-refractivity contribution is 0.117. The Bertz CT molecular complexity index is 511. The number of hydrogen-bond donors (Lipinski definition) is 2. The molecule has 2 unspecified atom stereocenters. The van der Waals surface area contributed by atoms with Crippen LogP contribution < -0.4 is 5.32 Å². The van der Waals surface area contributed by atoms with Crippen molar-refractivity contribution in [2.45, 2.75) is 18.6 Å². The van der Waals surface area contributed by atoms with E-state index < -0.39 is 0 Å². The molecule has 1 saturated heterocycles. The summed E-state index contributed by atoms with van der Waals surface area (Å²) in [4.78, 5) is 11.9. The molecule has 5 heteroatoms. The molecule has 0 aromatic carbocycles. The van der Waals surface area contributed by atoms with Crippen LogP contribution in [0, 0.1) is 0 Å². The number of nitrogens with one attached hydrogen (secondary N) is 2. The van der Waals surface area contributed by atoms with Crippen LogP contribution in [0.4, 0.5) is 0 Å². The van der Waals surface area contributed by atoms with Gasteiger partial charge in [-0.3, -0.25) is 4.98 Å². The lowest BCUT2D eigenvalue weighted by Gasteiger charge is -2.06. The number of aromatic amines is 1. The minimum Gasteiger partial charge on any atom is -0.380 e. The number of nitrogens with zero attached hydrogens (tertiary/aromatic N) is 2. The molecule has 2 aromatic rings. The topological polar surface area (TPSA) is 62.8 Å². The highest BCUT2D eigenvalue weighted by Crippen LogP contribution is 2.24. The lowest BCUT2D eigenvalue weighted by atomic mass is 10.2. The van der Waals surface area contributed by atoms with Gasteiger partial charge in [-0.15, -0.1) is 0 Å². The third-order valence-corrected chi connectivity index (χ3v) is 3.32. The summed E-state index contributed by atoms with van der Waals surface area (Å²) in [6.45, 7) is 0.879. The van der Waals surface area contributed by atoms with Gasteiger partial charge in [-0.25, -0.2) is 4.98 Å². The zero-order valence-electron chi connectivity index (χ0n) is 10.3. The van der Waals surface area contributed by atoms with Crippen molar-refractivity contribution in [1.82, 2.24) is 20.3 Å². The Kier molecular flexibility index (Phi) is 3.08. The van der Waals surface area contributed by atoms with Crippen molar-refractivity contribution in [1.29, 1.82) is 0 Å². The molecular formula is C13H16N4O. The summed E-state index contributed by atoms with van der Waals surface area (Å²) in [5.41, 5.74) is 2.05. The van der Waals surface area contributed by atoms with Gasteiger partial charge in [-0.05, 0) is 18.6 Å². The molecule has 2 aromatic heterocycles. The summed E-state index contributed by atoms with van der Waals surface area (Å²) in [7, 11) is 1.75. The molecule has 0 amide bonds. The van der Waals surface area contributed by atoms with E-state index in [1.165, 1.54) is 0 Å². The second-order valence-corrected chi connectivity index (χ2v) is 4.48. The second-order valence-electron chi connectivity index (χ2n) is 4.48. The van der Waals surface area contributed by atoms with Crippen LogP contribution >= 0.6 is 0 Å². The first kappa shape index (κ1) is 11.4. The molecule has 94 valence electrons. The molecule has 3 rings (SSSR count). The number of imidazole rings is 1. The van der Waals surface area contributed by atoms with Crippen molar-refractivity contribution in [3.8, 4) is 11.3 Å². The average molecular weight is 244 g/mol. The Morgan fingerprint density at radius 2 is 2.33 bits per heavy atom. The summed E-state index contributed by atoms with van der Waals surface area (Å²) < 4.78 is 5.34. The van der Waals surface area contributed by atoms with Crippen LogP contribution in [0.5, 0.6) is 0 Å². The number of ether oxygens (including phenoxy) is 1. The molecule has 0 spiro atoms. The first-order valence-corrected chi connectivity index (χ1v) is 6.08. The van der Waals surface area contributed by atoms with Gasteiger partial charge in [0.05, 0.1) is 24.0 Å². The molecule has 5 nitrogen and oxygen atoms in total. The number of aromatic nitrogens is 3. The molecule has 3 heterocycles. The zero-order valence-corrected chi connectivity index (χ0v) is 10.3. The van der Waals surface area contributed by atoms with Crippen molar-refractivity contribution in [3.63, 3.8) is 0 Å². The van der Waals surface area contributed by atoms with Crippen LogP contribution in [0.15, 0.2) is 30.7 Å². The largest absolute Gasteiger partial charge is 0.380 e. The van der Waals surface area contributed by atoms with Gasteiger partial charge in [0.25, 0.3) is 0 Å². The van der Waals surface area contributed by atoms with E-state index in [0.717, 1.165) is 30.0 Å².